The minimum atomic E-state index is -0.244. The second-order valence-corrected chi connectivity index (χ2v) is 11.3. The van der Waals surface area contributed by atoms with Gasteiger partial charge in [-0.3, -0.25) is 9.46 Å². The second kappa shape index (κ2) is 18.6. The summed E-state index contributed by atoms with van der Waals surface area (Å²) in [5.41, 5.74) is 5.15. The number of urea groups is 1. The van der Waals surface area contributed by atoms with Gasteiger partial charge < -0.3 is 30.4 Å². The number of para-hydroxylation sites is 1. The van der Waals surface area contributed by atoms with Crippen LogP contribution in [0, 0.1) is 12.8 Å². The van der Waals surface area contributed by atoms with Gasteiger partial charge in [-0.25, -0.2) is 4.79 Å². The molecule has 0 radical (unpaired) electrons. The van der Waals surface area contributed by atoms with Crippen molar-refractivity contribution in [3.8, 4) is 11.5 Å². The fourth-order valence-electron chi connectivity index (χ4n) is 4.76. The van der Waals surface area contributed by atoms with E-state index >= 15 is 0 Å². The minimum Gasteiger partial charge on any atom is -0.496 e. The summed E-state index contributed by atoms with van der Waals surface area (Å²) in [6.45, 7) is 10.3. The van der Waals surface area contributed by atoms with E-state index in [9.17, 15) is 9.59 Å². The molecule has 2 unspecified atom stereocenters. The maximum absolute atomic E-state index is 12.8. The summed E-state index contributed by atoms with van der Waals surface area (Å²) in [4.78, 5) is 28.1. The number of aromatic amines is 1. The van der Waals surface area contributed by atoms with Crippen LogP contribution < -0.4 is 25.4 Å². The molecule has 0 saturated heterocycles. The number of hydrogen-bond donors (Lipinski definition) is 4. The first kappa shape index (κ1) is 34.4. The predicted octanol–water partition coefficient (Wildman–Crippen LogP) is 6.10. The number of ether oxygens (including phenoxy) is 2. The SMILES string of the molecule is C=C/C=C\c1c(CC(CNC(=O)COc2ccc(NC(=O)NCCCC)cc2)CN(P)Cc2ccccc2OC)c[nH]c1C. The van der Waals surface area contributed by atoms with Gasteiger partial charge in [-0.05, 0) is 67.1 Å². The van der Waals surface area contributed by atoms with Crippen LogP contribution in [0.1, 0.15) is 42.1 Å². The van der Waals surface area contributed by atoms with Crippen molar-refractivity contribution < 1.29 is 19.1 Å². The number of benzene rings is 2. The van der Waals surface area contributed by atoms with E-state index in [0.717, 1.165) is 48.4 Å². The molecule has 2 aromatic carbocycles. The van der Waals surface area contributed by atoms with Gasteiger partial charge in [0.2, 0.25) is 0 Å². The maximum atomic E-state index is 12.8. The molecule has 0 aliphatic heterocycles. The number of carbonyl (C=O) groups excluding carboxylic acids is 2. The van der Waals surface area contributed by atoms with Gasteiger partial charge in [-0.15, -0.1) is 0 Å². The molecule has 0 fully saturated rings. The minimum absolute atomic E-state index is 0.112. The molecule has 9 nitrogen and oxygen atoms in total. The molecule has 0 aliphatic rings. The monoisotopic (exact) mass is 619 g/mol. The topological polar surface area (TPSA) is 108 Å². The fourth-order valence-corrected chi connectivity index (χ4v) is 5.26. The van der Waals surface area contributed by atoms with Crippen LogP contribution in [-0.2, 0) is 17.8 Å². The number of methoxy groups -OCH3 is 1. The molecular formula is C34H46N5O4P. The van der Waals surface area contributed by atoms with Crippen molar-refractivity contribution in [3.05, 3.63) is 95.8 Å². The van der Waals surface area contributed by atoms with Crippen molar-refractivity contribution in [3.63, 3.8) is 0 Å². The Hall–Kier alpha value is -4.07. The molecule has 3 aromatic rings. The Bertz CT molecular complexity index is 1370. The largest absolute Gasteiger partial charge is 0.496 e. The van der Waals surface area contributed by atoms with Gasteiger partial charge in [0.05, 0.1) is 7.11 Å². The van der Waals surface area contributed by atoms with E-state index in [4.69, 9.17) is 9.47 Å². The number of unbranched alkanes of at least 4 members (excludes halogenated alkanes) is 1. The van der Waals surface area contributed by atoms with E-state index in [2.05, 4.69) is 67.6 Å². The van der Waals surface area contributed by atoms with E-state index < -0.39 is 0 Å². The number of anilines is 1. The number of nitrogens with zero attached hydrogens (tertiary/aromatic N) is 1. The van der Waals surface area contributed by atoms with Crippen LogP contribution in [0.25, 0.3) is 6.08 Å². The van der Waals surface area contributed by atoms with Crippen molar-refractivity contribution in [2.24, 2.45) is 5.92 Å². The molecule has 2 atom stereocenters. The Balaban J connectivity index is 1.58. The Morgan fingerprint density at radius 2 is 1.89 bits per heavy atom. The quantitative estimate of drug-likeness (QED) is 0.0782. The molecule has 0 bridgehead atoms. The Kier molecular flexibility index (Phi) is 14.5. The van der Waals surface area contributed by atoms with E-state index in [0.29, 0.717) is 31.1 Å². The smallest absolute Gasteiger partial charge is 0.319 e. The van der Waals surface area contributed by atoms with E-state index in [1.807, 2.05) is 30.5 Å². The van der Waals surface area contributed by atoms with Gasteiger partial charge in [0.25, 0.3) is 5.91 Å². The Labute approximate surface area is 263 Å². The predicted molar refractivity (Wildman–Crippen MR) is 182 cm³/mol. The summed E-state index contributed by atoms with van der Waals surface area (Å²) in [6.07, 6.45) is 10.5. The lowest BCUT2D eigenvalue weighted by Gasteiger charge is -2.25. The van der Waals surface area contributed by atoms with Crippen LogP contribution in [0.15, 0.2) is 73.5 Å². The highest BCUT2D eigenvalue weighted by Gasteiger charge is 2.18. The standard InChI is InChI=1S/C34H46N5O4P/c1-5-7-12-31-25(3)36-21-28(31)19-26(22-39(44)23-27-11-9-10-13-32(27)42-4)20-37-33(40)24-43-30-16-14-29(15-17-30)38-34(41)35-18-8-6-2/h5,7,9-17,21,26,36H,1,6,8,18-20,22-24,44H2,2-4H3,(H,37,40)(H2,35,38,41)/b12-7-. The molecule has 44 heavy (non-hydrogen) atoms. The summed E-state index contributed by atoms with van der Waals surface area (Å²) in [5, 5.41) is 8.67. The number of carbonyl (C=O) groups is 2. The second-order valence-electron chi connectivity index (χ2n) is 10.6. The Morgan fingerprint density at radius 3 is 2.61 bits per heavy atom. The van der Waals surface area contributed by atoms with Crippen LogP contribution in [0.3, 0.4) is 0 Å². The first-order chi connectivity index (χ1) is 21.3. The zero-order valence-electron chi connectivity index (χ0n) is 26.0. The number of aryl methyl sites for hydroxylation is 1. The third-order valence-electron chi connectivity index (χ3n) is 7.07. The van der Waals surface area contributed by atoms with Crippen molar-refractivity contribution in [2.75, 3.05) is 38.7 Å². The molecule has 0 aliphatic carbocycles. The highest BCUT2D eigenvalue weighted by atomic mass is 31.0. The molecular weight excluding hydrogens is 573 g/mol. The van der Waals surface area contributed by atoms with Gasteiger partial charge in [0.1, 0.15) is 11.5 Å². The number of rotatable bonds is 18. The number of amides is 3. The number of allylic oxidation sites excluding steroid dienone is 2. The van der Waals surface area contributed by atoms with Crippen LogP contribution in [0.2, 0.25) is 0 Å². The van der Waals surface area contributed by atoms with Crippen LogP contribution in [0.4, 0.5) is 10.5 Å². The molecule has 3 amide bonds. The lowest BCUT2D eigenvalue weighted by Crippen LogP contribution is -2.37. The molecule has 0 spiro atoms. The van der Waals surface area contributed by atoms with Gasteiger partial charge in [0, 0.05) is 49.3 Å². The summed E-state index contributed by atoms with van der Waals surface area (Å²) in [5.74, 6) is 1.30. The van der Waals surface area contributed by atoms with Crippen molar-refractivity contribution in [2.45, 2.75) is 39.7 Å². The van der Waals surface area contributed by atoms with Crippen molar-refractivity contribution in [1.82, 2.24) is 20.3 Å². The number of nitrogens with one attached hydrogen (secondary N) is 4. The third-order valence-corrected chi connectivity index (χ3v) is 7.46. The number of H-pyrrole nitrogens is 1. The van der Waals surface area contributed by atoms with Gasteiger partial charge >= 0.3 is 6.03 Å². The average Bonchev–Trinajstić information content (AvgIpc) is 3.36. The average molecular weight is 620 g/mol. The zero-order chi connectivity index (χ0) is 31.7. The highest BCUT2D eigenvalue weighted by Crippen LogP contribution is 2.24. The molecule has 1 aromatic heterocycles. The number of aromatic nitrogens is 1. The van der Waals surface area contributed by atoms with Gasteiger partial charge in [-0.1, -0.05) is 65.7 Å². The Morgan fingerprint density at radius 1 is 1.11 bits per heavy atom. The summed E-state index contributed by atoms with van der Waals surface area (Å²) in [6, 6.07) is 14.7. The zero-order valence-corrected chi connectivity index (χ0v) is 27.2. The first-order valence-corrected chi connectivity index (χ1v) is 15.5. The summed E-state index contributed by atoms with van der Waals surface area (Å²) >= 11 is 0. The lowest BCUT2D eigenvalue weighted by molar-refractivity contribution is -0.123. The van der Waals surface area contributed by atoms with Crippen LogP contribution >= 0.6 is 9.39 Å². The van der Waals surface area contributed by atoms with E-state index in [1.165, 1.54) is 5.56 Å². The van der Waals surface area contributed by atoms with Crippen LogP contribution in [0.5, 0.6) is 11.5 Å². The summed E-state index contributed by atoms with van der Waals surface area (Å²) < 4.78 is 13.4. The molecule has 0 saturated carbocycles. The lowest BCUT2D eigenvalue weighted by atomic mass is 9.97. The van der Waals surface area contributed by atoms with E-state index in [-0.39, 0.29) is 24.5 Å². The van der Waals surface area contributed by atoms with Crippen molar-refractivity contribution in [1.29, 1.82) is 0 Å². The molecule has 236 valence electrons. The maximum Gasteiger partial charge on any atom is 0.319 e. The fraction of sp³-hybridized carbons (Fsp3) is 0.353. The van der Waals surface area contributed by atoms with E-state index in [1.54, 1.807) is 37.5 Å². The van der Waals surface area contributed by atoms with Gasteiger partial charge in [0.15, 0.2) is 6.61 Å². The van der Waals surface area contributed by atoms with Crippen molar-refractivity contribution >= 4 is 33.1 Å². The third kappa shape index (κ3) is 11.5. The normalized spacial score (nSPS) is 11.8. The van der Waals surface area contributed by atoms with Crippen LogP contribution in [-0.4, -0.2) is 54.9 Å². The first-order valence-electron chi connectivity index (χ1n) is 14.9. The number of hydrogen-bond acceptors (Lipinski definition) is 5. The highest BCUT2D eigenvalue weighted by molar-refractivity contribution is 7.13. The van der Waals surface area contributed by atoms with Gasteiger partial charge in [-0.2, -0.15) is 0 Å². The molecule has 1 heterocycles. The molecule has 10 heteroatoms. The summed E-state index contributed by atoms with van der Waals surface area (Å²) in [7, 11) is 4.50. The molecule has 3 rings (SSSR count). The molecule has 4 N–H and O–H groups in total.